The summed E-state index contributed by atoms with van der Waals surface area (Å²) in [4.78, 5) is 152. The van der Waals surface area contributed by atoms with Crippen LogP contribution < -0.4 is 87.2 Å². The maximum absolute atomic E-state index is 14.4. The molecule has 29 heteroatoms. The molecular weight excluding hydrogens is 1040 g/mol. The first-order valence-corrected chi connectivity index (χ1v) is 27.8. The quantitative estimate of drug-likeness (QED) is 0.0340. The Morgan fingerprint density at radius 3 is 1.46 bits per heavy atom. The Hall–Kier alpha value is -6.11. The van der Waals surface area contributed by atoms with Crippen LogP contribution in [0.25, 0.3) is 0 Å². The molecule has 1 aliphatic heterocycles. The van der Waals surface area contributed by atoms with Crippen molar-refractivity contribution in [2.75, 3.05) is 39.3 Å². The third-order valence-electron chi connectivity index (χ3n) is 13.0. The molecule has 11 amide bonds. The highest BCUT2D eigenvalue weighted by molar-refractivity contribution is 5.99. The number of rotatable bonds is 27. The van der Waals surface area contributed by atoms with Crippen LogP contribution in [-0.2, 0) is 52.7 Å². The molecule has 0 aliphatic carbocycles. The molecule has 1 aliphatic rings. The molecule has 80 heavy (non-hydrogen) atoms. The highest BCUT2D eigenvalue weighted by Crippen LogP contribution is 2.12. The smallest absolute Gasteiger partial charge is 0.245 e. The van der Waals surface area contributed by atoms with Crippen molar-refractivity contribution in [3.8, 4) is 0 Å². The fourth-order valence-electron chi connectivity index (χ4n) is 8.42. The van der Waals surface area contributed by atoms with Crippen LogP contribution in [-0.4, -0.2) is 187 Å². The number of unbranched alkanes of at least 4 members (excludes halogenated alkanes) is 1. The first-order valence-electron chi connectivity index (χ1n) is 27.8. The van der Waals surface area contributed by atoms with E-state index >= 15 is 0 Å². The lowest BCUT2D eigenvalue weighted by molar-refractivity contribution is -0.137. The first-order chi connectivity index (χ1) is 37.6. The second kappa shape index (κ2) is 37.8. The summed E-state index contributed by atoms with van der Waals surface area (Å²) in [5.74, 6) is -10.00. The SMILES string of the molecule is CC(C)CCCCC(=O)N[C@@H](CCN)C(=O)N[C@H](C(=O)N[C@@H](CCN)C(=O)NC1CCNC(=O)C([C@@H](C)O)NC(=O)[C@H](CCN)NC(=O)[C@H](CCN)NC(=O)[C@H](C(C)C)NC(=O)[C@@H](CC(C)C)NC(=O)C(CCN)NC1=O)[C@@H](C)O. The Kier molecular flexibility index (Phi) is 33.9. The second-order valence-electron chi connectivity index (χ2n) is 21.4. The van der Waals surface area contributed by atoms with Crippen molar-refractivity contribution in [2.24, 2.45) is 46.4 Å². The second-order valence-corrected chi connectivity index (χ2v) is 21.4. The van der Waals surface area contributed by atoms with E-state index in [1.807, 2.05) is 0 Å². The van der Waals surface area contributed by atoms with Crippen LogP contribution in [0.1, 0.15) is 126 Å². The zero-order valence-electron chi connectivity index (χ0n) is 48.0. The number of amides is 11. The Balaban J connectivity index is 3.81. The molecule has 1 rings (SSSR count). The van der Waals surface area contributed by atoms with Crippen molar-refractivity contribution in [1.29, 1.82) is 0 Å². The predicted molar refractivity (Wildman–Crippen MR) is 296 cm³/mol. The molecule has 23 N–H and O–H groups in total. The lowest BCUT2D eigenvalue weighted by atomic mass is 9.99. The summed E-state index contributed by atoms with van der Waals surface area (Å²) in [5.41, 5.74) is 29.1. The molecule has 0 spiro atoms. The van der Waals surface area contributed by atoms with Crippen LogP contribution in [0.15, 0.2) is 0 Å². The molecule has 1 heterocycles. The summed E-state index contributed by atoms with van der Waals surface area (Å²) in [6.07, 6.45) is -1.89. The lowest BCUT2D eigenvalue weighted by Crippen LogP contribution is -2.62. The number of nitrogens with one attached hydrogen (secondary N) is 11. The number of hydrogen-bond acceptors (Lipinski definition) is 18. The minimum absolute atomic E-state index is 0.0141. The van der Waals surface area contributed by atoms with Gasteiger partial charge in [0.25, 0.3) is 0 Å². The molecular formula is C51H96N16O13. The molecule has 12 atom stereocenters. The largest absolute Gasteiger partial charge is 0.391 e. The van der Waals surface area contributed by atoms with E-state index in [1.165, 1.54) is 13.8 Å². The summed E-state index contributed by atoms with van der Waals surface area (Å²) >= 11 is 0. The number of carbonyl (C=O) groups excluding carboxylic acids is 11. The van der Waals surface area contributed by atoms with Gasteiger partial charge in [0.1, 0.15) is 60.4 Å². The van der Waals surface area contributed by atoms with E-state index in [0.717, 1.165) is 12.8 Å². The normalized spacial score (nSPS) is 23.4. The van der Waals surface area contributed by atoms with Crippen molar-refractivity contribution in [3.05, 3.63) is 0 Å². The van der Waals surface area contributed by atoms with Crippen LogP contribution in [0.2, 0.25) is 0 Å². The van der Waals surface area contributed by atoms with Crippen molar-refractivity contribution in [3.63, 3.8) is 0 Å². The van der Waals surface area contributed by atoms with Gasteiger partial charge in [-0.2, -0.15) is 0 Å². The van der Waals surface area contributed by atoms with Gasteiger partial charge in [0.05, 0.1) is 12.2 Å². The van der Waals surface area contributed by atoms with Crippen LogP contribution in [0, 0.1) is 17.8 Å². The van der Waals surface area contributed by atoms with E-state index in [2.05, 4.69) is 72.3 Å². The van der Waals surface area contributed by atoms with E-state index in [1.54, 1.807) is 27.7 Å². The summed E-state index contributed by atoms with van der Waals surface area (Å²) in [6.45, 7) is 12.2. The molecule has 0 radical (unpaired) electrons. The molecule has 1 fully saturated rings. The summed E-state index contributed by atoms with van der Waals surface area (Å²) in [7, 11) is 0. The van der Waals surface area contributed by atoms with E-state index in [-0.39, 0.29) is 83.6 Å². The maximum Gasteiger partial charge on any atom is 0.245 e. The lowest BCUT2D eigenvalue weighted by Gasteiger charge is -2.29. The minimum atomic E-state index is -1.69. The highest BCUT2D eigenvalue weighted by Gasteiger charge is 2.38. The molecule has 0 aromatic rings. The Morgan fingerprint density at radius 1 is 0.512 bits per heavy atom. The number of aliphatic hydroxyl groups is 2. The molecule has 0 bridgehead atoms. The van der Waals surface area contributed by atoms with E-state index < -0.39 is 156 Å². The van der Waals surface area contributed by atoms with E-state index in [4.69, 9.17) is 28.7 Å². The summed E-state index contributed by atoms with van der Waals surface area (Å²) < 4.78 is 0. The first kappa shape index (κ1) is 71.9. The summed E-state index contributed by atoms with van der Waals surface area (Å²) in [5, 5.41) is 49.3. The standard InChI is InChI=1S/C51H96N16O13/c1-26(2)11-9-10-12-38(70)58-31(13-19-52)46(75)67-41(30(8)69)51(80)63-34(16-22-55)43(72)61-36-18-24-57-49(78)40(29(7)68)66-47(76)35(17-23-56)60-42(71)33(15-21-54)62-50(79)39(28(5)6)65-48(77)37(25-27(3)4)64-44(73)32(14-20-53)59-45(36)74/h26-37,39-41,68-69H,9-25,52-56H2,1-8H3,(H,57,78)(H,58,70)(H,59,74)(H,60,71)(H,61,72)(H,62,79)(H,63,80)(H,64,73)(H,65,77)(H,66,76)(H,67,75)/t29-,30-,31+,32?,33+,34+,35+,36?,37-,39+,40?,41+/m1/s1. The highest BCUT2D eigenvalue weighted by atomic mass is 16.3. The van der Waals surface area contributed by atoms with Crippen molar-refractivity contribution >= 4 is 65.0 Å². The van der Waals surface area contributed by atoms with Crippen LogP contribution in [0.3, 0.4) is 0 Å². The van der Waals surface area contributed by atoms with Gasteiger partial charge in [-0.1, -0.05) is 54.4 Å². The molecule has 458 valence electrons. The summed E-state index contributed by atoms with van der Waals surface area (Å²) in [6, 6.07) is -14.5. The van der Waals surface area contributed by atoms with Gasteiger partial charge in [-0.3, -0.25) is 52.7 Å². The van der Waals surface area contributed by atoms with Crippen LogP contribution >= 0.6 is 0 Å². The average Bonchev–Trinajstić information content (AvgIpc) is 3.37. The number of hydrogen-bond donors (Lipinski definition) is 18. The molecule has 0 saturated carbocycles. The Labute approximate surface area is 469 Å². The van der Waals surface area contributed by atoms with Crippen molar-refractivity contribution in [1.82, 2.24) is 58.5 Å². The molecule has 3 unspecified atom stereocenters. The van der Waals surface area contributed by atoms with Gasteiger partial charge in [-0.05, 0) is 116 Å². The van der Waals surface area contributed by atoms with Gasteiger partial charge in [0.15, 0.2) is 0 Å². The van der Waals surface area contributed by atoms with E-state index in [0.29, 0.717) is 12.3 Å². The monoisotopic (exact) mass is 1140 g/mol. The fraction of sp³-hybridized carbons (Fsp3) is 0.784. The molecule has 1 saturated heterocycles. The van der Waals surface area contributed by atoms with Gasteiger partial charge in [0.2, 0.25) is 65.0 Å². The van der Waals surface area contributed by atoms with Crippen LogP contribution in [0.4, 0.5) is 0 Å². The number of aliphatic hydroxyl groups excluding tert-OH is 2. The zero-order valence-corrected chi connectivity index (χ0v) is 48.0. The zero-order chi connectivity index (χ0) is 60.8. The predicted octanol–water partition coefficient (Wildman–Crippen LogP) is -6.22. The van der Waals surface area contributed by atoms with Gasteiger partial charge < -0.3 is 97.4 Å². The average molecular weight is 1140 g/mol. The Morgan fingerprint density at radius 2 is 0.988 bits per heavy atom. The molecule has 29 nitrogen and oxygen atoms in total. The van der Waals surface area contributed by atoms with Gasteiger partial charge >= 0.3 is 0 Å². The van der Waals surface area contributed by atoms with Crippen molar-refractivity contribution in [2.45, 2.75) is 199 Å². The van der Waals surface area contributed by atoms with Gasteiger partial charge in [-0.25, -0.2) is 0 Å². The third-order valence-corrected chi connectivity index (χ3v) is 13.0. The van der Waals surface area contributed by atoms with E-state index in [9.17, 15) is 63.0 Å². The number of carbonyl (C=O) groups is 11. The number of nitrogens with two attached hydrogens (primary N) is 5. The van der Waals surface area contributed by atoms with Crippen LogP contribution in [0.5, 0.6) is 0 Å². The third kappa shape index (κ3) is 26.0. The minimum Gasteiger partial charge on any atom is -0.391 e. The van der Waals surface area contributed by atoms with Gasteiger partial charge in [0, 0.05) is 13.0 Å². The van der Waals surface area contributed by atoms with Crippen molar-refractivity contribution < 1.29 is 63.0 Å². The Bertz CT molecular complexity index is 2030. The molecule has 0 aromatic heterocycles. The van der Waals surface area contributed by atoms with Gasteiger partial charge in [-0.15, -0.1) is 0 Å². The fourth-order valence-corrected chi connectivity index (χ4v) is 8.42. The maximum atomic E-state index is 14.4. The topological polar surface area (TPSA) is 491 Å². The molecule has 0 aromatic carbocycles.